The van der Waals surface area contributed by atoms with Gasteiger partial charge in [0.15, 0.2) is 0 Å². The Hall–Kier alpha value is -1.67. The van der Waals surface area contributed by atoms with Crippen molar-refractivity contribution >= 4 is 38.5 Å². The van der Waals surface area contributed by atoms with Crippen LogP contribution in [0.1, 0.15) is 11.1 Å². The van der Waals surface area contributed by atoms with Crippen molar-refractivity contribution in [2.75, 3.05) is 0 Å². The summed E-state index contributed by atoms with van der Waals surface area (Å²) in [6.07, 6.45) is 1.70. The maximum atomic E-state index is 13.2. The number of nitrogens with zero attached hydrogens (tertiary/aromatic N) is 1. The molecule has 0 aliphatic heterocycles. The molecule has 3 rings (SSSR count). The molecule has 3 aromatic rings. The van der Waals surface area contributed by atoms with E-state index in [9.17, 15) is 9.18 Å². The van der Waals surface area contributed by atoms with Gasteiger partial charge in [0.05, 0.1) is 6.54 Å². The molecular weight excluding hydrogens is 500 g/mol. The molecule has 6 heteroatoms. The van der Waals surface area contributed by atoms with E-state index in [0.717, 1.165) is 9.13 Å². The summed E-state index contributed by atoms with van der Waals surface area (Å²) >= 11 is 5.56. The van der Waals surface area contributed by atoms with E-state index in [2.05, 4.69) is 38.5 Å². The SMILES string of the molecule is O=c1c(Br)c(OCc2cccc(F)c2)ccn1Cc1cccc(I)c1. The number of halogens is 3. The van der Waals surface area contributed by atoms with Gasteiger partial charge in [-0.3, -0.25) is 4.79 Å². The molecular formula is C19H14BrFINO2. The van der Waals surface area contributed by atoms with E-state index in [-0.39, 0.29) is 18.0 Å². The Morgan fingerprint density at radius 2 is 1.84 bits per heavy atom. The van der Waals surface area contributed by atoms with Gasteiger partial charge in [0, 0.05) is 9.77 Å². The van der Waals surface area contributed by atoms with E-state index in [1.54, 1.807) is 29.0 Å². The average molecular weight is 514 g/mol. The summed E-state index contributed by atoms with van der Waals surface area (Å²) in [6, 6.07) is 15.9. The van der Waals surface area contributed by atoms with Crippen LogP contribution in [0.15, 0.2) is 70.1 Å². The van der Waals surface area contributed by atoms with Gasteiger partial charge in [-0.25, -0.2) is 4.39 Å². The fourth-order valence-electron chi connectivity index (χ4n) is 2.39. The van der Waals surface area contributed by atoms with Crippen LogP contribution in [0.4, 0.5) is 4.39 Å². The standard InChI is InChI=1S/C19H14BrFINO2/c20-18-17(25-12-14-4-1-5-15(21)9-14)7-8-23(19(18)24)11-13-3-2-6-16(22)10-13/h1-10H,11-12H2. The summed E-state index contributed by atoms with van der Waals surface area (Å²) in [6.45, 7) is 0.676. The molecule has 128 valence electrons. The molecule has 0 radical (unpaired) electrons. The van der Waals surface area contributed by atoms with Gasteiger partial charge in [0.25, 0.3) is 5.56 Å². The van der Waals surface area contributed by atoms with Crippen LogP contribution < -0.4 is 10.3 Å². The highest BCUT2D eigenvalue weighted by molar-refractivity contribution is 14.1. The van der Waals surface area contributed by atoms with Gasteiger partial charge in [-0.2, -0.15) is 0 Å². The average Bonchev–Trinajstić information content (AvgIpc) is 2.58. The number of ether oxygens (including phenoxy) is 1. The van der Waals surface area contributed by atoms with Gasteiger partial charge in [-0.15, -0.1) is 0 Å². The summed E-state index contributed by atoms with van der Waals surface area (Å²) in [7, 11) is 0. The maximum Gasteiger partial charge on any atom is 0.268 e. The number of benzene rings is 2. The topological polar surface area (TPSA) is 31.2 Å². The molecule has 3 nitrogen and oxygen atoms in total. The lowest BCUT2D eigenvalue weighted by molar-refractivity contribution is 0.302. The minimum Gasteiger partial charge on any atom is -0.487 e. The quantitative estimate of drug-likeness (QED) is 0.450. The fourth-order valence-corrected chi connectivity index (χ4v) is 3.47. The Kier molecular flexibility index (Phi) is 5.90. The van der Waals surface area contributed by atoms with Crippen LogP contribution >= 0.6 is 38.5 Å². The van der Waals surface area contributed by atoms with Crippen molar-refractivity contribution in [2.24, 2.45) is 0 Å². The number of hydrogen-bond acceptors (Lipinski definition) is 2. The second-order valence-electron chi connectivity index (χ2n) is 5.48. The molecule has 0 N–H and O–H groups in total. The summed E-state index contributed by atoms with van der Waals surface area (Å²) in [5.74, 6) is 0.126. The highest BCUT2D eigenvalue weighted by atomic mass is 127. The van der Waals surface area contributed by atoms with Crippen molar-refractivity contribution in [3.63, 3.8) is 0 Å². The third-order valence-electron chi connectivity index (χ3n) is 3.60. The van der Waals surface area contributed by atoms with Crippen LogP contribution in [0.3, 0.4) is 0 Å². The van der Waals surface area contributed by atoms with Gasteiger partial charge in [-0.05, 0) is 80.0 Å². The molecule has 0 bridgehead atoms. The Morgan fingerprint density at radius 3 is 2.60 bits per heavy atom. The molecule has 2 aromatic carbocycles. The number of rotatable bonds is 5. The predicted molar refractivity (Wildman–Crippen MR) is 107 cm³/mol. The second-order valence-corrected chi connectivity index (χ2v) is 7.51. The number of hydrogen-bond donors (Lipinski definition) is 0. The smallest absolute Gasteiger partial charge is 0.268 e. The molecule has 1 aromatic heterocycles. The first-order chi connectivity index (χ1) is 12.0. The molecule has 0 aliphatic carbocycles. The predicted octanol–water partition coefficient (Wildman–Crippen LogP) is 4.98. The third kappa shape index (κ3) is 4.70. The van der Waals surface area contributed by atoms with Crippen LogP contribution in [0.5, 0.6) is 5.75 Å². The summed E-state index contributed by atoms with van der Waals surface area (Å²) in [5.41, 5.74) is 1.58. The molecule has 0 saturated carbocycles. The first kappa shape index (κ1) is 18.1. The first-order valence-electron chi connectivity index (χ1n) is 7.53. The highest BCUT2D eigenvalue weighted by Crippen LogP contribution is 2.22. The lowest BCUT2D eigenvalue weighted by Gasteiger charge is -2.11. The van der Waals surface area contributed by atoms with E-state index in [0.29, 0.717) is 22.3 Å². The van der Waals surface area contributed by atoms with Crippen LogP contribution in [0, 0.1) is 9.39 Å². The molecule has 1 heterocycles. The lowest BCUT2D eigenvalue weighted by Crippen LogP contribution is -2.21. The molecule has 0 unspecified atom stereocenters. The molecule has 25 heavy (non-hydrogen) atoms. The molecule has 0 aliphatic rings. The van der Waals surface area contributed by atoms with E-state index in [1.165, 1.54) is 12.1 Å². The maximum absolute atomic E-state index is 13.2. The van der Waals surface area contributed by atoms with Crippen molar-refractivity contribution < 1.29 is 9.13 Å². The molecule has 0 fully saturated rings. The first-order valence-corrected chi connectivity index (χ1v) is 9.41. The largest absolute Gasteiger partial charge is 0.487 e. The number of aromatic nitrogens is 1. The third-order valence-corrected chi connectivity index (χ3v) is 5.00. The van der Waals surface area contributed by atoms with E-state index in [1.807, 2.05) is 24.3 Å². The van der Waals surface area contributed by atoms with Gasteiger partial charge in [0.1, 0.15) is 22.6 Å². The van der Waals surface area contributed by atoms with Crippen molar-refractivity contribution in [3.8, 4) is 5.75 Å². The minimum absolute atomic E-state index is 0.171. The normalized spacial score (nSPS) is 10.7. The molecule has 0 amide bonds. The van der Waals surface area contributed by atoms with Crippen LogP contribution in [0.2, 0.25) is 0 Å². The van der Waals surface area contributed by atoms with E-state index in [4.69, 9.17) is 4.74 Å². The fraction of sp³-hybridized carbons (Fsp3) is 0.105. The van der Waals surface area contributed by atoms with Crippen LogP contribution in [-0.4, -0.2) is 4.57 Å². The Labute approximate surface area is 166 Å². The second kappa shape index (κ2) is 8.14. The summed E-state index contributed by atoms with van der Waals surface area (Å²) in [5, 5.41) is 0. The zero-order valence-electron chi connectivity index (χ0n) is 13.1. The lowest BCUT2D eigenvalue weighted by atomic mass is 10.2. The summed E-state index contributed by atoms with van der Waals surface area (Å²) in [4.78, 5) is 12.5. The van der Waals surface area contributed by atoms with Crippen LogP contribution in [0.25, 0.3) is 0 Å². The monoisotopic (exact) mass is 513 g/mol. The number of pyridine rings is 1. The Bertz CT molecular complexity index is 958. The highest BCUT2D eigenvalue weighted by Gasteiger charge is 2.10. The molecule has 0 atom stereocenters. The van der Waals surface area contributed by atoms with Crippen molar-refractivity contribution in [1.82, 2.24) is 4.57 Å². The zero-order chi connectivity index (χ0) is 17.8. The Morgan fingerprint density at radius 1 is 1.08 bits per heavy atom. The minimum atomic E-state index is -0.312. The van der Waals surface area contributed by atoms with Gasteiger partial charge >= 0.3 is 0 Å². The van der Waals surface area contributed by atoms with Crippen molar-refractivity contribution in [2.45, 2.75) is 13.2 Å². The van der Waals surface area contributed by atoms with Crippen LogP contribution in [-0.2, 0) is 13.2 Å². The van der Waals surface area contributed by atoms with E-state index < -0.39 is 0 Å². The zero-order valence-corrected chi connectivity index (χ0v) is 16.8. The molecule has 0 saturated heterocycles. The van der Waals surface area contributed by atoms with Crippen molar-refractivity contribution in [3.05, 3.63) is 96.1 Å². The van der Waals surface area contributed by atoms with Gasteiger partial charge < -0.3 is 9.30 Å². The van der Waals surface area contributed by atoms with Crippen molar-refractivity contribution in [1.29, 1.82) is 0 Å². The molecule has 0 spiro atoms. The summed E-state index contributed by atoms with van der Waals surface area (Å²) < 4.78 is 22.0. The van der Waals surface area contributed by atoms with Gasteiger partial charge in [0.2, 0.25) is 0 Å². The Balaban J connectivity index is 1.77. The van der Waals surface area contributed by atoms with E-state index >= 15 is 0 Å². The van der Waals surface area contributed by atoms with Gasteiger partial charge in [-0.1, -0.05) is 24.3 Å².